The maximum atomic E-state index is 12.9. The zero-order chi connectivity index (χ0) is 27.4. The number of hydrogen-bond acceptors (Lipinski definition) is 8. The van der Waals surface area contributed by atoms with Crippen LogP contribution in [-0.4, -0.2) is 94.3 Å². The summed E-state index contributed by atoms with van der Waals surface area (Å²) in [5.41, 5.74) is 0.719. The van der Waals surface area contributed by atoms with Gasteiger partial charge >= 0.3 is 11.9 Å². The number of anilines is 1. The molecule has 37 heavy (non-hydrogen) atoms. The molecule has 3 rings (SSSR count). The van der Waals surface area contributed by atoms with Crippen LogP contribution in [0.3, 0.4) is 0 Å². The first-order chi connectivity index (χ1) is 17.6. The monoisotopic (exact) mass is 536 g/mol. The number of aliphatic hydroxyl groups is 2. The zero-order valence-electron chi connectivity index (χ0n) is 21.2. The van der Waals surface area contributed by atoms with Crippen LogP contribution in [0.15, 0.2) is 47.8 Å². The second-order valence-electron chi connectivity index (χ2n) is 8.81. The molecule has 0 saturated carbocycles. The molecule has 0 aliphatic carbocycles. The van der Waals surface area contributed by atoms with Crippen molar-refractivity contribution >= 4 is 34.9 Å². The van der Waals surface area contributed by atoms with Gasteiger partial charge in [0.25, 0.3) is 0 Å². The Morgan fingerprint density at radius 3 is 2.08 bits per heavy atom. The van der Waals surface area contributed by atoms with Crippen molar-refractivity contribution in [3.63, 3.8) is 0 Å². The fourth-order valence-corrected chi connectivity index (χ4v) is 5.00. The number of carboxylic acids is 2. The van der Waals surface area contributed by atoms with Gasteiger partial charge in [0.05, 0.1) is 12.1 Å². The molecule has 2 atom stereocenters. The van der Waals surface area contributed by atoms with E-state index in [4.69, 9.17) is 25.2 Å². The van der Waals surface area contributed by atoms with Crippen LogP contribution in [-0.2, 0) is 25.5 Å². The highest BCUT2D eigenvalue weighted by Crippen LogP contribution is 2.34. The van der Waals surface area contributed by atoms with Crippen molar-refractivity contribution < 1.29 is 39.5 Å². The number of carbonyl (C=O) groups excluding carboxylic acids is 1. The van der Waals surface area contributed by atoms with Gasteiger partial charge in [0.15, 0.2) is 12.2 Å². The average Bonchev–Trinajstić information content (AvgIpc) is 3.42. The highest BCUT2D eigenvalue weighted by molar-refractivity contribution is 7.09. The molecule has 4 N–H and O–H groups in total. The number of aliphatic carboxylic acids is 2. The van der Waals surface area contributed by atoms with Crippen LogP contribution in [0.5, 0.6) is 0 Å². The normalized spacial score (nSPS) is 16.6. The molecule has 1 fully saturated rings. The Balaban J connectivity index is 0.000000410. The van der Waals surface area contributed by atoms with E-state index in [0.717, 1.165) is 44.6 Å². The van der Waals surface area contributed by atoms with Crippen LogP contribution in [0, 0.1) is 0 Å². The van der Waals surface area contributed by atoms with Gasteiger partial charge in [0, 0.05) is 43.7 Å². The summed E-state index contributed by atoms with van der Waals surface area (Å²) in [7, 11) is 1.74. The number of amides is 1. The van der Waals surface area contributed by atoms with E-state index < -0.39 is 24.1 Å². The van der Waals surface area contributed by atoms with Gasteiger partial charge in [0.2, 0.25) is 5.91 Å². The minimum absolute atomic E-state index is 0.172. The van der Waals surface area contributed by atoms with Crippen molar-refractivity contribution in [2.24, 2.45) is 0 Å². The lowest BCUT2D eigenvalue weighted by Gasteiger charge is -2.48. The molecule has 0 bridgehead atoms. The maximum Gasteiger partial charge on any atom is 0.335 e. The summed E-state index contributed by atoms with van der Waals surface area (Å²) in [5, 5.41) is 34.7. The Morgan fingerprint density at radius 2 is 1.62 bits per heavy atom. The number of hydrogen-bond donors (Lipinski definition) is 4. The van der Waals surface area contributed by atoms with E-state index in [0.29, 0.717) is 13.0 Å². The smallest absolute Gasteiger partial charge is 0.335 e. The Labute approximate surface area is 220 Å². The van der Waals surface area contributed by atoms with Gasteiger partial charge < -0.3 is 35.0 Å². The van der Waals surface area contributed by atoms with Crippen molar-refractivity contribution in [1.82, 2.24) is 4.90 Å². The summed E-state index contributed by atoms with van der Waals surface area (Å²) in [6.07, 6.45) is -1.05. The summed E-state index contributed by atoms with van der Waals surface area (Å²) in [5.74, 6) is -3.37. The van der Waals surface area contributed by atoms with E-state index >= 15 is 0 Å². The number of carboxylic acid groups (broad SMARTS) is 2. The number of methoxy groups -OCH3 is 1. The minimum Gasteiger partial charge on any atom is -0.479 e. The number of piperidine rings is 1. The zero-order valence-corrected chi connectivity index (χ0v) is 22.0. The van der Waals surface area contributed by atoms with Crippen molar-refractivity contribution in [2.75, 3.05) is 38.3 Å². The fourth-order valence-electron chi connectivity index (χ4n) is 4.30. The molecule has 2 unspecified atom stereocenters. The predicted octanol–water partition coefficient (Wildman–Crippen LogP) is 2.09. The molecule has 1 aliphatic rings. The lowest BCUT2D eigenvalue weighted by molar-refractivity contribution is -0.165. The lowest BCUT2D eigenvalue weighted by atomic mass is 9.85. The summed E-state index contributed by atoms with van der Waals surface area (Å²) in [6, 6.07) is 14.4. The average molecular weight is 537 g/mol. The third-order valence-electron chi connectivity index (χ3n) is 6.30. The Kier molecular flexibility index (Phi) is 12.2. The third-order valence-corrected chi connectivity index (χ3v) is 7.24. The highest BCUT2D eigenvalue weighted by atomic mass is 32.1. The third kappa shape index (κ3) is 8.61. The Bertz CT molecular complexity index is 960. The van der Waals surface area contributed by atoms with Gasteiger partial charge in [-0.15, -0.1) is 11.3 Å². The van der Waals surface area contributed by atoms with Crippen molar-refractivity contribution in [1.29, 1.82) is 0 Å². The summed E-state index contributed by atoms with van der Waals surface area (Å²) < 4.78 is 5.63. The number of likely N-dealkylation sites (tertiary alicyclic amines) is 1. The summed E-state index contributed by atoms with van der Waals surface area (Å²) in [4.78, 5) is 38.4. The molecule has 2 aromatic rings. The first kappa shape index (κ1) is 30.4. The molecular formula is C26H36N2O8S. The summed E-state index contributed by atoms with van der Waals surface area (Å²) in [6.45, 7) is 5.59. The molecule has 1 saturated heterocycles. The van der Waals surface area contributed by atoms with Gasteiger partial charge in [0.1, 0.15) is 0 Å². The number of thiophene rings is 1. The van der Waals surface area contributed by atoms with Gasteiger partial charge in [-0.25, -0.2) is 9.59 Å². The quantitative estimate of drug-likeness (QED) is 0.339. The Morgan fingerprint density at radius 1 is 1.03 bits per heavy atom. The standard InChI is InChI=1S/C22H30N2O2S.C4H6O6/c1-3-21(25)24(19-8-5-4-6-9-19)22(18-26-2)12-15-23(16-13-22)14-11-20-10-7-17-27-20;5-1(3(7)8)2(6)4(9)10/h4-10,17H,3,11-16,18H2,1-2H3;1-2,5-6H,(H,7,8)(H,9,10). The molecular weight excluding hydrogens is 500 g/mol. The molecule has 1 aliphatic heterocycles. The first-order valence-corrected chi connectivity index (χ1v) is 13.0. The lowest BCUT2D eigenvalue weighted by Crippen LogP contribution is -2.60. The molecule has 2 heterocycles. The van der Waals surface area contributed by atoms with Crippen LogP contribution in [0.1, 0.15) is 31.1 Å². The molecule has 1 aromatic heterocycles. The van der Waals surface area contributed by atoms with E-state index in [1.165, 1.54) is 4.88 Å². The van der Waals surface area contributed by atoms with Crippen molar-refractivity contribution in [2.45, 2.75) is 50.4 Å². The van der Waals surface area contributed by atoms with Crippen LogP contribution in [0.25, 0.3) is 0 Å². The van der Waals surface area contributed by atoms with E-state index in [9.17, 15) is 14.4 Å². The minimum atomic E-state index is -2.27. The van der Waals surface area contributed by atoms with E-state index in [1.807, 2.05) is 53.5 Å². The fraction of sp³-hybridized carbons (Fsp3) is 0.500. The molecule has 10 nitrogen and oxygen atoms in total. The second-order valence-corrected chi connectivity index (χ2v) is 9.85. The largest absolute Gasteiger partial charge is 0.479 e. The number of carbonyl (C=O) groups is 3. The van der Waals surface area contributed by atoms with Crippen molar-refractivity contribution in [3.8, 4) is 0 Å². The number of benzene rings is 1. The molecule has 0 radical (unpaired) electrons. The molecule has 1 aromatic carbocycles. The number of nitrogens with zero attached hydrogens (tertiary/aromatic N) is 2. The molecule has 204 valence electrons. The second kappa shape index (κ2) is 14.8. The van der Waals surface area contributed by atoms with E-state index in [2.05, 4.69) is 22.4 Å². The number of ether oxygens (including phenoxy) is 1. The van der Waals surface area contributed by atoms with Crippen LogP contribution in [0.2, 0.25) is 0 Å². The predicted molar refractivity (Wildman–Crippen MR) is 140 cm³/mol. The van der Waals surface area contributed by atoms with Gasteiger partial charge in [-0.3, -0.25) is 4.79 Å². The van der Waals surface area contributed by atoms with Crippen LogP contribution >= 0.6 is 11.3 Å². The van der Waals surface area contributed by atoms with Gasteiger partial charge in [-0.1, -0.05) is 31.2 Å². The van der Waals surface area contributed by atoms with Crippen LogP contribution in [0.4, 0.5) is 5.69 Å². The Hall–Kier alpha value is -2.83. The SMILES string of the molecule is CCC(=O)N(c1ccccc1)C1(COC)CCN(CCc2cccs2)CC1.O=C(O)C(O)C(O)C(=O)O. The maximum absolute atomic E-state index is 12.9. The molecule has 0 spiro atoms. The van der Waals surface area contributed by atoms with E-state index in [1.54, 1.807) is 7.11 Å². The number of aliphatic hydroxyl groups excluding tert-OH is 2. The van der Waals surface area contributed by atoms with Crippen molar-refractivity contribution in [3.05, 3.63) is 52.7 Å². The topological polar surface area (TPSA) is 148 Å². The number of rotatable bonds is 11. The molecule has 1 amide bonds. The van der Waals surface area contributed by atoms with Gasteiger partial charge in [-0.2, -0.15) is 0 Å². The first-order valence-electron chi connectivity index (χ1n) is 12.1. The van der Waals surface area contributed by atoms with Gasteiger partial charge in [-0.05, 0) is 42.8 Å². The summed E-state index contributed by atoms with van der Waals surface area (Å²) >= 11 is 1.83. The van der Waals surface area contributed by atoms with Crippen LogP contribution < -0.4 is 4.90 Å². The highest BCUT2D eigenvalue weighted by Gasteiger charge is 2.42. The number of para-hydroxylation sites is 1. The van der Waals surface area contributed by atoms with E-state index in [-0.39, 0.29) is 11.4 Å². The molecule has 11 heteroatoms.